The summed E-state index contributed by atoms with van der Waals surface area (Å²) in [7, 11) is -3.88. The van der Waals surface area contributed by atoms with E-state index in [0.29, 0.717) is 22.0 Å². The molecule has 0 aliphatic heterocycles. The van der Waals surface area contributed by atoms with E-state index in [0.717, 1.165) is 0 Å². The Labute approximate surface area is 168 Å². The molecule has 0 bridgehead atoms. The van der Waals surface area contributed by atoms with Gasteiger partial charge in [0.25, 0.3) is 15.9 Å². The molecule has 5 nitrogen and oxygen atoms in total. The van der Waals surface area contributed by atoms with Crippen molar-refractivity contribution >= 4 is 38.9 Å². The van der Waals surface area contributed by atoms with Crippen LogP contribution in [-0.2, 0) is 10.0 Å². The summed E-state index contributed by atoms with van der Waals surface area (Å²) in [5, 5.41) is 3.11. The largest absolute Gasteiger partial charge is 0.322 e. The van der Waals surface area contributed by atoms with E-state index in [1.165, 1.54) is 30.3 Å². The first-order valence-electron chi connectivity index (χ1n) is 8.14. The molecule has 0 unspecified atom stereocenters. The van der Waals surface area contributed by atoms with Crippen molar-refractivity contribution in [3.8, 4) is 12.3 Å². The Bertz CT molecular complexity index is 1180. The predicted molar refractivity (Wildman–Crippen MR) is 111 cm³/mol. The van der Waals surface area contributed by atoms with Crippen LogP contribution in [0.15, 0.2) is 77.7 Å². The minimum Gasteiger partial charge on any atom is -0.322 e. The number of amides is 1. The highest BCUT2D eigenvalue weighted by Gasteiger charge is 2.17. The van der Waals surface area contributed by atoms with Crippen molar-refractivity contribution in [3.05, 3.63) is 88.9 Å². The fraction of sp³-hybridized carbons (Fsp3) is 0. The third kappa shape index (κ3) is 4.71. The first kappa shape index (κ1) is 19.5. The normalized spacial score (nSPS) is 10.7. The van der Waals surface area contributed by atoms with Crippen LogP contribution in [0.25, 0.3) is 0 Å². The summed E-state index contributed by atoms with van der Waals surface area (Å²) in [4.78, 5) is 12.5. The summed E-state index contributed by atoms with van der Waals surface area (Å²) in [5.74, 6) is 2.04. The maximum absolute atomic E-state index is 12.6. The van der Waals surface area contributed by atoms with Gasteiger partial charge in [0.05, 0.1) is 10.6 Å². The quantitative estimate of drug-likeness (QED) is 0.613. The molecule has 3 aromatic rings. The minimum atomic E-state index is -3.88. The number of halogens is 1. The van der Waals surface area contributed by atoms with Crippen LogP contribution in [0.2, 0.25) is 5.02 Å². The molecule has 0 aliphatic rings. The number of carbonyl (C=O) groups is 1. The molecule has 3 aromatic carbocycles. The average Bonchev–Trinajstić information content (AvgIpc) is 2.68. The molecule has 7 heteroatoms. The van der Waals surface area contributed by atoms with Crippen LogP contribution >= 0.6 is 11.6 Å². The van der Waals surface area contributed by atoms with E-state index >= 15 is 0 Å². The third-order valence-electron chi connectivity index (χ3n) is 3.77. The highest BCUT2D eigenvalue weighted by molar-refractivity contribution is 7.92. The van der Waals surface area contributed by atoms with E-state index < -0.39 is 15.9 Å². The average molecular weight is 411 g/mol. The lowest BCUT2D eigenvalue weighted by Crippen LogP contribution is -2.16. The smallest absolute Gasteiger partial charge is 0.261 e. The van der Waals surface area contributed by atoms with Crippen molar-refractivity contribution < 1.29 is 13.2 Å². The van der Waals surface area contributed by atoms with Gasteiger partial charge in [0.15, 0.2) is 0 Å². The molecule has 0 aromatic heterocycles. The molecule has 3 rings (SSSR count). The zero-order chi connectivity index (χ0) is 20.1. The van der Waals surface area contributed by atoms with Crippen LogP contribution < -0.4 is 10.0 Å². The van der Waals surface area contributed by atoms with Gasteiger partial charge in [0.1, 0.15) is 0 Å². The van der Waals surface area contributed by atoms with Crippen molar-refractivity contribution in [2.75, 3.05) is 10.0 Å². The zero-order valence-electron chi connectivity index (χ0n) is 14.5. The first-order valence-corrected chi connectivity index (χ1v) is 10.00. The van der Waals surface area contributed by atoms with Gasteiger partial charge in [-0.25, -0.2) is 8.42 Å². The second kappa shape index (κ2) is 8.17. The SMILES string of the molecule is C#Cc1cccc(NC(=O)c2cccc(S(=O)(=O)Nc3cccc(Cl)c3)c2)c1. The van der Waals surface area contributed by atoms with Gasteiger partial charge in [0, 0.05) is 21.8 Å². The lowest BCUT2D eigenvalue weighted by Gasteiger charge is -2.10. The van der Waals surface area contributed by atoms with Crippen LogP contribution in [-0.4, -0.2) is 14.3 Å². The van der Waals surface area contributed by atoms with Crippen LogP contribution in [0.5, 0.6) is 0 Å². The summed E-state index contributed by atoms with van der Waals surface area (Å²) in [6, 6.07) is 18.9. The van der Waals surface area contributed by atoms with E-state index in [1.54, 1.807) is 42.5 Å². The van der Waals surface area contributed by atoms with Crippen LogP contribution in [0.3, 0.4) is 0 Å². The Hall–Kier alpha value is -3.27. The summed E-state index contributed by atoms with van der Waals surface area (Å²) in [6.45, 7) is 0. The van der Waals surface area contributed by atoms with Gasteiger partial charge < -0.3 is 5.32 Å². The van der Waals surface area contributed by atoms with Crippen LogP contribution in [0, 0.1) is 12.3 Å². The molecule has 2 N–H and O–H groups in total. The molecular formula is C21H15ClN2O3S. The molecule has 0 aliphatic carbocycles. The number of carbonyl (C=O) groups excluding carboxylic acids is 1. The molecule has 0 radical (unpaired) electrons. The van der Waals surface area contributed by atoms with Gasteiger partial charge >= 0.3 is 0 Å². The third-order valence-corrected chi connectivity index (χ3v) is 5.38. The van der Waals surface area contributed by atoms with E-state index in [9.17, 15) is 13.2 Å². The molecule has 1 amide bonds. The van der Waals surface area contributed by atoms with Crippen LogP contribution in [0.1, 0.15) is 15.9 Å². The molecule has 0 saturated carbocycles. The van der Waals surface area contributed by atoms with E-state index in [1.807, 2.05) is 0 Å². The van der Waals surface area contributed by atoms with E-state index in [2.05, 4.69) is 16.0 Å². The van der Waals surface area contributed by atoms with Gasteiger partial charge in [-0.3, -0.25) is 9.52 Å². The van der Waals surface area contributed by atoms with Gasteiger partial charge in [-0.05, 0) is 54.6 Å². The summed E-state index contributed by atoms with van der Waals surface area (Å²) in [6.07, 6.45) is 5.36. The number of sulfonamides is 1. The number of rotatable bonds is 5. The Morgan fingerprint density at radius 2 is 1.64 bits per heavy atom. The molecule has 140 valence electrons. The Morgan fingerprint density at radius 1 is 0.929 bits per heavy atom. The summed E-state index contributed by atoms with van der Waals surface area (Å²) in [5.41, 5.74) is 1.67. The second-order valence-electron chi connectivity index (χ2n) is 5.82. The van der Waals surface area contributed by atoms with E-state index in [-0.39, 0.29) is 10.5 Å². The number of anilines is 2. The van der Waals surface area contributed by atoms with Crippen LogP contribution in [0.4, 0.5) is 11.4 Å². The zero-order valence-corrected chi connectivity index (χ0v) is 16.1. The van der Waals surface area contributed by atoms with E-state index in [4.69, 9.17) is 18.0 Å². The van der Waals surface area contributed by atoms with Gasteiger partial charge in [0.2, 0.25) is 0 Å². The number of nitrogens with one attached hydrogen (secondary N) is 2. The fourth-order valence-electron chi connectivity index (χ4n) is 2.46. The second-order valence-corrected chi connectivity index (χ2v) is 7.94. The van der Waals surface area contributed by atoms with Crippen molar-refractivity contribution in [1.82, 2.24) is 0 Å². The van der Waals surface area contributed by atoms with Crippen molar-refractivity contribution in [1.29, 1.82) is 0 Å². The number of benzene rings is 3. The van der Waals surface area contributed by atoms with Gasteiger partial charge in [-0.15, -0.1) is 6.42 Å². The summed E-state index contributed by atoms with van der Waals surface area (Å²) >= 11 is 5.89. The highest BCUT2D eigenvalue weighted by Crippen LogP contribution is 2.20. The summed E-state index contributed by atoms with van der Waals surface area (Å²) < 4.78 is 27.7. The molecule has 0 heterocycles. The standard InChI is InChI=1S/C21H15ClN2O3S/c1-2-15-6-3-9-18(12-15)23-21(25)16-7-4-11-20(13-16)28(26,27)24-19-10-5-8-17(22)14-19/h1,3-14,24H,(H,23,25). The van der Waals surface area contributed by atoms with Gasteiger partial charge in [-0.1, -0.05) is 35.7 Å². The number of hydrogen-bond acceptors (Lipinski definition) is 3. The molecule has 0 fully saturated rings. The van der Waals surface area contributed by atoms with Crippen molar-refractivity contribution in [3.63, 3.8) is 0 Å². The fourth-order valence-corrected chi connectivity index (χ4v) is 3.75. The molecule has 0 saturated heterocycles. The molecule has 0 spiro atoms. The minimum absolute atomic E-state index is 0.0440. The Kier molecular flexibility index (Phi) is 5.69. The highest BCUT2D eigenvalue weighted by atomic mass is 35.5. The number of terminal acetylenes is 1. The lowest BCUT2D eigenvalue weighted by molar-refractivity contribution is 0.102. The Balaban J connectivity index is 1.82. The number of hydrogen-bond donors (Lipinski definition) is 2. The van der Waals surface area contributed by atoms with Crippen molar-refractivity contribution in [2.45, 2.75) is 4.90 Å². The topological polar surface area (TPSA) is 75.3 Å². The predicted octanol–water partition coefficient (Wildman–Crippen LogP) is 4.37. The monoisotopic (exact) mass is 410 g/mol. The Morgan fingerprint density at radius 3 is 2.39 bits per heavy atom. The maximum atomic E-state index is 12.6. The van der Waals surface area contributed by atoms with Gasteiger partial charge in [-0.2, -0.15) is 0 Å². The maximum Gasteiger partial charge on any atom is 0.261 e. The molecule has 0 atom stereocenters. The molecule has 28 heavy (non-hydrogen) atoms. The molecular weight excluding hydrogens is 396 g/mol. The van der Waals surface area contributed by atoms with Crippen molar-refractivity contribution in [2.24, 2.45) is 0 Å². The lowest BCUT2D eigenvalue weighted by atomic mass is 10.2. The first-order chi connectivity index (χ1) is 13.4.